The van der Waals surface area contributed by atoms with E-state index < -0.39 is 0 Å². The standard InChI is InChI=1S/C18H23NO2/c1-5-19(16-9-6-13(2)7-10-16)14(3)15-8-11-17(20)18(12-15)21-4/h6-12,14,20H,5H2,1-4H3. The molecule has 0 radical (unpaired) electrons. The van der Waals surface area contributed by atoms with E-state index >= 15 is 0 Å². The highest BCUT2D eigenvalue weighted by Gasteiger charge is 2.16. The molecule has 0 aromatic heterocycles. The van der Waals surface area contributed by atoms with Crippen molar-refractivity contribution in [2.24, 2.45) is 0 Å². The van der Waals surface area contributed by atoms with Crippen LogP contribution in [0.4, 0.5) is 5.69 Å². The van der Waals surface area contributed by atoms with E-state index in [1.165, 1.54) is 11.3 Å². The second-order valence-corrected chi connectivity index (χ2v) is 5.23. The molecule has 0 fully saturated rings. The Kier molecular flexibility index (Phi) is 4.73. The van der Waals surface area contributed by atoms with Gasteiger partial charge in [0.15, 0.2) is 11.5 Å². The van der Waals surface area contributed by atoms with Crippen molar-refractivity contribution in [3.63, 3.8) is 0 Å². The summed E-state index contributed by atoms with van der Waals surface area (Å²) < 4.78 is 5.20. The third kappa shape index (κ3) is 3.30. The summed E-state index contributed by atoms with van der Waals surface area (Å²) in [6, 6.07) is 14.3. The van der Waals surface area contributed by atoms with Crippen molar-refractivity contribution >= 4 is 5.69 Å². The predicted octanol–water partition coefficient (Wildman–Crippen LogP) is 4.30. The molecule has 2 aromatic carbocycles. The summed E-state index contributed by atoms with van der Waals surface area (Å²) in [4.78, 5) is 2.32. The van der Waals surface area contributed by atoms with Gasteiger partial charge in [-0.1, -0.05) is 23.8 Å². The largest absolute Gasteiger partial charge is 0.504 e. The number of anilines is 1. The summed E-state index contributed by atoms with van der Waals surface area (Å²) in [5.74, 6) is 0.686. The fraction of sp³-hybridized carbons (Fsp3) is 0.333. The van der Waals surface area contributed by atoms with Gasteiger partial charge in [-0.05, 0) is 50.6 Å². The number of aryl methyl sites for hydroxylation is 1. The molecule has 0 aliphatic heterocycles. The van der Waals surface area contributed by atoms with Gasteiger partial charge in [0.1, 0.15) is 0 Å². The smallest absolute Gasteiger partial charge is 0.160 e. The zero-order chi connectivity index (χ0) is 15.4. The molecule has 3 heteroatoms. The van der Waals surface area contributed by atoms with E-state index in [9.17, 15) is 5.11 Å². The molecule has 3 nitrogen and oxygen atoms in total. The number of benzene rings is 2. The molecule has 0 heterocycles. The Bertz CT molecular complexity index is 593. The second-order valence-electron chi connectivity index (χ2n) is 5.23. The van der Waals surface area contributed by atoms with Crippen molar-refractivity contribution in [3.05, 3.63) is 53.6 Å². The van der Waals surface area contributed by atoms with Gasteiger partial charge < -0.3 is 14.7 Å². The van der Waals surface area contributed by atoms with E-state index in [4.69, 9.17) is 4.74 Å². The van der Waals surface area contributed by atoms with E-state index in [1.54, 1.807) is 13.2 Å². The van der Waals surface area contributed by atoms with Crippen LogP contribution in [0.25, 0.3) is 0 Å². The molecule has 2 aromatic rings. The van der Waals surface area contributed by atoms with Crippen molar-refractivity contribution in [1.29, 1.82) is 0 Å². The van der Waals surface area contributed by atoms with Gasteiger partial charge in [-0.15, -0.1) is 0 Å². The van der Waals surface area contributed by atoms with Crippen LogP contribution in [0.15, 0.2) is 42.5 Å². The highest BCUT2D eigenvalue weighted by Crippen LogP contribution is 2.32. The molecule has 2 rings (SSSR count). The number of ether oxygens (including phenoxy) is 1. The molecule has 0 saturated heterocycles. The number of rotatable bonds is 5. The van der Waals surface area contributed by atoms with Crippen LogP contribution in [-0.2, 0) is 0 Å². The number of hydrogen-bond donors (Lipinski definition) is 1. The lowest BCUT2D eigenvalue weighted by Gasteiger charge is -2.31. The quantitative estimate of drug-likeness (QED) is 0.889. The zero-order valence-electron chi connectivity index (χ0n) is 13.1. The molecule has 0 aliphatic rings. The highest BCUT2D eigenvalue weighted by molar-refractivity contribution is 5.51. The van der Waals surface area contributed by atoms with Gasteiger partial charge in [-0.3, -0.25) is 0 Å². The lowest BCUT2D eigenvalue weighted by molar-refractivity contribution is 0.372. The molecule has 0 amide bonds. The van der Waals surface area contributed by atoms with Crippen molar-refractivity contribution in [2.45, 2.75) is 26.8 Å². The molecule has 1 atom stereocenters. The molecule has 21 heavy (non-hydrogen) atoms. The minimum Gasteiger partial charge on any atom is -0.504 e. The fourth-order valence-corrected chi connectivity index (χ4v) is 2.55. The molecular weight excluding hydrogens is 262 g/mol. The summed E-state index contributed by atoms with van der Waals surface area (Å²) in [5, 5.41) is 9.72. The molecule has 112 valence electrons. The van der Waals surface area contributed by atoms with E-state index in [2.05, 4.69) is 49.9 Å². The Hall–Kier alpha value is -2.16. The Morgan fingerprint density at radius 1 is 1.14 bits per heavy atom. The average molecular weight is 285 g/mol. The minimum absolute atomic E-state index is 0.173. The number of aromatic hydroxyl groups is 1. The van der Waals surface area contributed by atoms with Gasteiger partial charge in [-0.25, -0.2) is 0 Å². The van der Waals surface area contributed by atoms with E-state index in [0.717, 1.165) is 12.1 Å². The van der Waals surface area contributed by atoms with Crippen LogP contribution in [0.3, 0.4) is 0 Å². The van der Waals surface area contributed by atoms with Gasteiger partial charge >= 0.3 is 0 Å². The molecule has 1 unspecified atom stereocenters. The van der Waals surface area contributed by atoms with Gasteiger partial charge in [0, 0.05) is 12.2 Å². The monoisotopic (exact) mass is 285 g/mol. The van der Waals surface area contributed by atoms with Crippen molar-refractivity contribution < 1.29 is 9.84 Å². The summed E-state index contributed by atoms with van der Waals surface area (Å²) >= 11 is 0. The Labute approximate surface area is 126 Å². The van der Waals surface area contributed by atoms with Gasteiger partial charge in [0.05, 0.1) is 13.2 Å². The first-order valence-corrected chi connectivity index (χ1v) is 7.27. The summed E-state index contributed by atoms with van der Waals surface area (Å²) in [5.41, 5.74) is 3.57. The number of nitrogens with zero attached hydrogens (tertiary/aromatic N) is 1. The fourth-order valence-electron chi connectivity index (χ4n) is 2.55. The van der Waals surface area contributed by atoms with Crippen LogP contribution in [0, 0.1) is 6.92 Å². The summed E-state index contributed by atoms with van der Waals surface area (Å²) in [6.07, 6.45) is 0. The van der Waals surface area contributed by atoms with Gasteiger partial charge in [0.25, 0.3) is 0 Å². The third-order valence-electron chi connectivity index (χ3n) is 3.86. The summed E-state index contributed by atoms with van der Waals surface area (Å²) in [6.45, 7) is 7.31. The summed E-state index contributed by atoms with van der Waals surface area (Å²) in [7, 11) is 1.57. The molecule has 0 bridgehead atoms. The number of methoxy groups -OCH3 is 1. The highest BCUT2D eigenvalue weighted by atomic mass is 16.5. The lowest BCUT2D eigenvalue weighted by atomic mass is 10.0. The number of phenols is 1. The molecule has 1 N–H and O–H groups in total. The van der Waals surface area contributed by atoms with Crippen molar-refractivity contribution in [3.8, 4) is 11.5 Å². The van der Waals surface area contributed by atoms with Crippen LogP contribution in [0.5, 0.6) is 11.5 Å². The van der Waals surface area contributed by atoms with Crippen LogP contribution < -0.4 is 9.64 Å². The SMILES string of the molecule is CCN(c1ccc(C)cc1)C(C)c1ccc(O)c(OC)c1. The second kappa shape index (κ2) is 6.53. The normalized spacial score (nSPS) is 12.0. The average Bonchev–Trinajstić information content (AvgIpc) is 2.50. The molecule has 0 saturated carbocycles. The first-order chi connectivity index (χ1) is 10.1. The number of phenolic OH excluding ortho intramolecular Hbond substituents is 1. The van der Waals surface area contributed by atoms with Gasteiger partial charge in [-0.2, -0.15) is 0 Å². The maximum absolute atomic E-state index is 9.72. The van der Waals surface area contributed by atoms with Crippen LogP contribution in [0.1, 0.15) is 31.0 Å². The van der Waals surface area contributed by atoms with E-state index in [-0.39, 0.29) is 11.8 Å². The lowest BCUT2D eigenvalue weighted by Crippen LogP contribution is -2.26. The minimum atomic E-state index is 0.173. The Morgan fingerprint density at radius 2 is 1.81 bits per heavy atom. The van der Waals surface area contributed by atoms with E-state index in [0.29, 0.717) is 5.75 Å². The molecular formula is C18H23NO2. The maximum atomic E-state index is 9.72. The van der Waals surface area contributed by atoms with E-state index in [1.807, 2.05) is 12.1 Å². The topological polar surface area (TPSA) is 32.7 Å². The zero-order valence-corrected chi connectivity index (χ0v) is 13.1. The van der Waals surface area contributed by atoms with Crippen molar-refractivity contribution in [1.82, 2.24) is 0 Å². The van der Waals surface area contributed by atoms with Gasteiger partial charge in [0.2, 0.25) is 0 Å². The first-order valence-electron chi connectivity index (χ1n) is 7.27. The Morgan fingerprint density at radius 3 is 2.38 bits per heavy atom. The van der Waals surface area contributed by atoms with Crippen LogP contribution in [0.2, 0.25) is 0 Å². The predicted molar refractivity (Wildman–Crippen MR) is 87.3 cm³/mol. The first kappa shape index (κ1) is 15.2. The molecule has 0 aliphatic carbocycles. The maximum Gasteiger partial charge on any atom is 0.160 e. The Balaban J connectivity index is 2.31. The van der Waals surface area contributed by atoms with Crippen LogP contribution in [-0.4, -0.2) is 18.8 Å². The third-order valence-corrected chi connectivity index (χ3v) is 3.86. The van der Waals surface area contributed by atoms with Crippen molar-refractivity contribution in [2.75, 3.05) is 18.6 Å². The van der Waals surface area contributed by atoms with Crippen LogP contribution >= 0.6 is 0 Å². The molecule has 0 spiro atoms. The number of hydrogen-bond acceptors (Lipinski definition) is 3.